The molecule has 3 N–H and O–H groups in total. The van der Waals surface area contributed by atoms with E-state index in [0.717, 1.165) is 88.3 Å². The summed E-state index contributed by atoms with van der Waals surface area (Å²) in [7, 11) is 0. The molecule has 5 aliphatic rings. The molecular formula is C84H55Br2N5O9. The number of nitrogens with two attached hydrogens (primary N) is 1. The van der Waals surface area contributed by atoms with Crippen molar-refractivity contribution in [1.29, 1.82) is 0 Å². The molecule has 13 aromatic carbocycles. The number of anilines is 8. The van der Waals surface area contributed by atoms with Crippen molar-refractivity contribution >= 4 is 113 Å². The van der Waals surface area contributed by atoms with Gasteiger partial charge in [0.15, 0.2) is 23.0 Å². The molecule has 4 amide bonds. The minimum absolute atomic E-state index is 0.282. The number of carbonyl (C=O) groups is 6. The number of ether oxygens (including phenoxy) is 3. The Hall–Kier alpha value is -12.8. The number of hydrogen-bond donors (Lipinski definition) is 2. The topological polar surface area (TPSA) is 178 Å². The number of cyclic esters (lactones) is 2. The lowest BCUT2D eigenvalue weighted by molar-refractivity contribution is 0.0442. The molecule has 0 saturated heterocycles. The Bertz CT molecular complexity index is 5180. The van der Waals surface area contributed by atoms with Gasteiger partial charge in [-0.05, 0) is 173 Å². The first-order chi connectivity index (χ1) is 48.8. The van der Waals surface area contributed by atoms with Crippen LogP contribution in [-0.4, -0.2) is 35.6 Å². The number of halogens is 2. The fourth-order valence-electron chi connectivity index (χ4n) is 11.8. The normalized spacial score (nSPS) is 12.9. The molecule has 0 unspecified atom stereocenters. The Kier molecular flexibility index (Phi) is 18.4. The predicted molar refractivity (Wildman–Crippen MR) is 398 cm³/mol. The van der Waals surface area contributed by atoms with E-state index in [9.17, 15) is 28.8 Å². The molecule has 0 aliphatic carbocycles. The summed E-state index contributed by atoms with van der Waals surface area (Å²) < 4.78 is 17.7. The van der Waals surface area contributed by atoms with E-state index >= 15 is 0 Å². The third-order valence-electron chi connectivity index (χ3n) is 16.8. The molecule has 5 heterocycles. The fraction of sp³-hybridized carbons (Fsp3) is 0. The molecular weight excluding hydrogens is 1380 g/mol. The molecule has 16 heteroatoms. The standard InChI is InChI=1S/C32H20N2O3.C20H12BrNO2.C12H9NO.C12H11N.C8H3BrO3/c35-31-25-19-18-24(33-27-10-4-6-12-29(27)37-30-13-7-5-11-28(30)33)20-26(25)32(36)34(31)23-16-14-22(15-17-23)21-8-2-1-3-9-21;21-15-8-11-17-18(12-15)20(24)22(19(17)23)16-9-6-14(7-10-16)13-4-2-1-3-5-13;1-3-7-11-9(5-1)13-10-6-2-4-8-12(10)14-11;13-12-8-6-11(7-9-12)10-4-2-1-3-5-10;9-4-1-2-5-6(3-4)8(11)12-7(5)10/h1-20H;1-12H;1-8,13H;1-9H,13H2;1-3H. The molecule has 0 atom stereocenters. The zero-order valence-electron chi connectivity index (χ0n) is 52.9. The molecule has 13 aromatic rings. The minimum Gasteiger partial charge on any atom is -0.453 e. The largest absolute Gasteiger partial charge is 0.453 e. The van der Waals surface area contributed by atoms with Crippen LogP contribution in [0.5, 0.6) is 23.0 Å². The lowest BCUT2D eigenvalue weighted by Gasteiger charge is -2.32. The summed E-state index contributed by atoms with van der Waals surface area (Å²) in [6, 6.07) is 99.8. The van der Waals surface area contributed by atoms with Crippen LogP contribution in [0, 0.1) is 0 Å². The Morgan fingerprint density at radius 3 is 1.07 bits per heavy atom. The number of esters is 2. The number of carbonyl (C=O) groups excluding carboxylic acids is 6. The van der Waals surface area contributed by atoms with Crippen molar-refractivity contribution in [3.63, 3.8) is 0 Å². The van der Waals surface area contributed by atoms with Gasteiger partial charge in [-0.3, -0.25) is 19.2 Å². The number of nitrogen functional groups attached to an aromatic ring is 1. The van der Waals surface area contributed by atoms with E-state index in [0.29, 0.717) is 44.8 Å². The molecule has 0 fully saturated rings. The minimum atomic E-state index is -0.573. The van der Waals surface area contributed by atoms with Gasteiger partial charge >= 0.3 is 11.9 Å². The summed E-state index contributed by atoms with van der Waals surface area (Å²) in [6.07, 6.45) is 0. The first-order valence-electron chi connectivity index (χ1n) is 31.6. The second kappa shape index (κ2) is 28.5. The average molecular weight is 1440 g/mol. The predicted octanol–water partition coefficient (Wildman–Crippen LogP) is 20.9. The molecule has 18 rings (SSSR count). The van der Waals surface area contributed by atoms with Gasteiger partial charge in [0.25, 0.3) is 23.6 Å². The first kappa shape index (κ1) is 64.6. The number of para-hydroxylation sites is 8. The third kappa shape index (κ3) is 13.4. The summed E-state index contributed by atoms with van der Waals surface area (Å²) in [5, 5.41) is 3.32. The average Bonchev–Trinajstić information content (AvgIpc) is 1.49. The molecule has 5 aliphatic heterocycles. The number of fused-ring (bicyclic) bond motifs is 7. The van der Waals surface area contributed by atoms with E-state index in [2.05, 4.69) is 58.9 Å². The summed E-state index contributed by atoms with van der Waals surface area (Å²) in [4.78, 5) is 78.5. The fourth-order valence-corrected chi connectivity index (χ4v) is 12.6. The van der Waals surface area contributed by atoms with Crippen LogP contribution in [-0.2, 0) is 4.74 Å². The van der Waals surface area contributed by atoms with Crippen LogP contribution in [0.3, 0.4) is 0 Å². The van der Waals surface area contributed by atoms with Crippen LogP contribution >= 0.6 is 31.9 Å². The van der Waals surface area contributed by atoms with Crippen LogP contribution in [0.25, 0.3) is 33.4 Å². The summed E-state index contributed by atoms with van der Waals surface area (Å²) in [6.45, 7) is 0. The van der Waals surface area contributed by atoms with Crippen molar-refractivity contribution in [3.8, 4) is 56.4 Å². The third-order valence-corrected chi connectivity index (χ3v) is 17.7. The van der Waals surface area contributed by atoms with Crippen molar-refractivity contribution < 1.29 is 43.0 Å². The molecule has 100 heavy (non-hydrogen) atoms. The van der Waals surface area contributed by atoms with Gasteiger partial charge < -0.3 is 30.2 Å². The zero-order valence-corrected chi connectivity index (χ0v) is 56.0. The maximum Gasteiger partial charge on any atom is 0.346 e. The highest BCUT2D eigenvalue weighted by Gasteiger charge is 2.39. The van der Waals surface area contributed by atoms with Crippen molar-refractivity contribution in [2.75, 3.05) is 25.8 Å². The summed E-state index contributed by atoms with van der Waals surface area (Å²) in [5.74, 6) is 0.856. The molecule has 484 valence electrons. The van der Waals surface area contributed by atoms with E-state index in [1.54, 1.807) is 60.7 Å². The molecule has 0 radical (unpaired) electrons. The van der Waals surface area contributed by atoms with Crippen molar-refractivity contribution in [3.05, 3.63) is 358 Å². The molecule has 0 spiro atoms. The monoisotopic (exact) mass is 1440 g/mol. The smallest absolute Gasteiger partial charge is 0.346 e. The van der Waals surface area contributed by atoms with Crippen LogP contribution in [0.15, 0.2) is 324 Å². The van der Waals surface area contributed by atoms with Gasteiger partial charge in [0.1, 0.15) is 0 Å². The van der Waals surface area contributed by atoms with Gasteiger partial charge in [0.2, 0.25) is 0 Å². The van der Waals surface area contributed by atoms with E-state index in [-0.39, 0.29) is 23.6 Å². The summed E-state index contributed by atoms with van der Waals surface area (Å²) in [5.41, 5.74) is 21.1. The second-order valence-corrected chi connectivity index (χ2v) is 24.9. The van der Waals surface area contributed by atoms with Crippen LogP contribution < -0.4 is 35.2 Å². The van der Waals surface area contributed by atoms with E-state index in [1.165, 1.54) is 20.9 Å². The number of rotatable bonds is 6. The van der Waals surface area contributed by atoms with Crippen molar-refractivity contribution in [2.24, 2.45) is 0 Å². The Morgan fingerprint density at radius 2 is 0.600 bits per heavy atom. The lowest BCUT2D eigenvalue weighted by Crippen LogP contribution is -2.29. The van der Waals surface area contributed by atoms with Crippen LogP contribution in [0.1, 0.15) is 62.1 Å². The van der Waals surface area contributed by atoms with E-state index in [1.807, 2.05) is 243 Å². The van der Waals surface area contributed by atoms with Gasteiger partial charge in [-0.15, -0.1) is 0 Å². The quantitative estimate of drug-likeness (QED) is 0.0698. The SMILES string of the molecule is Nc1ccc(-c2ccccc2)cc1.O=C1OC(=O)c2cc(Br)ccc21.O=C1c2ccc(Br)cc2C(=O)N1c1ccc(-c2ccccc2)cc1.O=C1c2ccc(N3c4ccccc4Oc4ccccc43)cc2C(=O)N1c1ccc(-c2ccccc2)cc1.c1ccc2c(c1)Nc1ccccc1O2. The van der Waals surface area contributed by atoms with Crippen molar-refractivity contribution in [2.45, 2.75) is 0 Å². The van der Waals surface area contributed by atoms with Gasteiger partial charge in [0.05, 0.1) is 67.5 Å². The zero-order chi connectivity index (χ0) is 68.8. The number of imide groups is 2. The highest BCUT2D eigenvalue weighted by molar-refractivity contribution is 9.10. The lowest BCUT2D eigenvalue weighted by atomic mass is 10.1. The highest BCUT2D eigenvalue weighted by Crippen LogP contribution is 2.51. The first-order valence-corrected chi connectivity index (χ1v) is 33.2. The molecule has 0 aromatic heterocycles. The highest BCUT2D eigenvalue weighted by atomic mass is 79.9. The van der Waals surface area contributed by atoms with Gasteiger partial charge in [-0.2, -0.15) is 0 Å². The Balaban J connectivity index is 0.000000115. The van der Waals surface area contributed by atoms with Crippen molar-refractivity contribution in [1.82, 2.24) is 0 Å². The molecule has 0 bridgehead atoms. The number of hydrogen-bond acceptors (Lipinski definition) is 12. The number of amides is 4. The van der Waals surface area contributed by atoms with Gasteiger partial charge in [-0.25, -0.2) is 19.4 Å². The van der Waals surface area contributed by atoms with E-state index in [4.69, 9.17) is 15.2 Å². The van der Waals surface area contributed by atoms with Gasteiger partial charge in [0, 0.05) is 20.3 Å². The maximum absolute atomic E-state index is 13.6. The van der Waals surface area contributed by atoms with Crippen LogP contribution in [0.2, 0.25) is 0 Å². The van der Waals surface area contributed by atoms with E-state index < -0.39 is 11.9 Å². The van der Waals surface area contributed by atoms with Crippen LogP contribution in [0.4, 0.5) is 45.5 Å². The maximum atomic E-state index is 13.6. The molecule has 0 saturated carbocycles. The van der Waals surface area contributed by atoms with Gasteiger partial charge in [-0.1, -0.05) is 208 Å². The Morgan fingerprint density at radius 1 is 0.270 bits per heavy atom. The number of nitrogens with one attached hydrogen (secondary N) is 1. The summed E-state index contributed by atoms with van der Waals surface area (Å²) >= 11 is 6.54. The second-order valence-electron chi connectivity index (χ2n) is 23.1. The molecule has 14 nitrogen and oxygen atoms in total. The Labute approximate surface area is 592 Å². The number of nitrogens with zero attached hydrogens (tertiary/aromatic N) is 3. The number of benzene rings is 13.